The molecule has 0 unspecified atom stereocenters. The molecule has 1 saturated heterocycles. The molecule has 3 heterocycles. The van der Waals surface area contributed by atoms with Crippen LogP contribution in [-0.2, 0) is 13.6 Å². The fourth-order valence-corrected chi connectivity index (χ4v) is 3.88. The highest BCUT2D eigenvalue weighted by Crippen LogP contribution is 2.35. The Labute approximate surface area is 153 Å². The van der Waals surface area contributed by atoms with Crippen molar-refractivity contribution in [2.45, 2.75) is 51.2 Å². The van der Waals surface area contributed by atoms with Crippen molar-refractivity contribution in [3.05, 3.63) is 46.3 Å². The molecule has 2 aliphatic rings. The van der Waals surface area contributed by atoms with E-state index in [-0.39, 0.29) is 5.56 Å². The zero-order valence-corrected chi connectivity index (χ0v) is 15.5. The Morgan fingerprint density at radius 3 is 2.58 bits per heavy atom. The lowest BCUT2D eigenvalue weighted by Crippen LogP contribution is -2.46. The van der Waals surface area contributed by atoms with E-state index in [9.17, 15) is 4.79 Å². The van der Waals surface area contributed by atoms with Gasteiger partial charge in [-0.05, 0) is 38.7 Å². The summed E-state index contributed by atoms with van der Waals surface area (Å²) in [5, 5.41) is 4.00. The van der Waals surface area contributed by atoms with Crippen LogP contribution in [0.4, 0.5) is 5.82 Å². The Balaban J connectivity index is 1.42. The van der Waals surface area contributed by atoms with Crippen molar-refractivity contribution in [2.75, 3.05) is 18.0 Å². The van der Waals surface area contributed by atoms with Crippen molar-refractivity contribution in [1.29, 1.82) is 0 Å². The predicted octanol–water partition coefficient (Wildman–Crippen LogP) is 1.51. The highest BCUT2D eigenvalue weighted by Gasteiger charge is 2.36. The van der Waals surface area contributed by atoms with Gasteiger partial charge in [-0.1, -0.05) is 0 Å². The van der Waals surface area contributed by atoms with E-state index in [1.807, 2.05) is 13.0 Å². The van der Waals surface area contributed by atoms with E-state index < -0.39 is 0 Å². The highest BCUT2D eigenvalue weighted by atomic mass is 16.1. The first-order valence-corrected chi connectivity index (χ1v) is 9.42. The van der Waals surface area contributed by atoms with Crippen LogP contribution in [0.1, 0.15) is 36.9 Å². The molecule has 0 atom stereocenters. The van der Waals surface area contributed by atoms with Crippen molar-refractivity contribution in [3.8, 4) is 0 Å². The number of likely N-dealkylation sites (tertiary alicyclic amines) is 1. The minimum atomic E-state index is 0.00527. The zero-order chi connectivity index (χ0) is 18.1. The maximum absolute atomic E-state index is 12.2. The van der Waals surface area contributed by atoms with E-state index in [4.69, 9.17) is 0 Å². The van der Waals surface area contributed by atoms with Gasteiger partial charge in [0, 0.05) is 62.3 Å². The summed E-state index contributed by atoms with van der Waals surface area (Å²) < 4.78 is 1.41. The van der Waals surface area contributed by atoms with E-state index in [1.165, 1.54) is 17.5 Å². The van der Waals surface area contributed by atoms with Crippen molar-refractivity contribution >= 4 is 5.82 Å². The van der Waals surface area contributed by atoms with Gasteiger partial charge in [0.15, 0.2) is 0 Å². The SMILES string of the molecule is Cc1cc(N(C2CC2)C2CCN(Cc3ccnn(C)c3=O)CC2)ncn1. The van der Waals surface area contributed by atoms with Crippen LogP contribution in [0.3, 0.4) is 0 Å². The monoisotopic (exact) mass is 354 g/mol. The molecule has 0 spiro atoms. The summed E-state index contributed by atoms with van der Waals surface area (Å²) in [6.07, 6.45) is 8.10. The van der Waals surface area contributed by atoms with Crippen molar-refractivity contribution in [2.24, 2.45) is 7.05 Å². The second-order valence-corrected chi connectivity index (χ2v) is 7.45. The Morgan fingerprint density at radius 2 is 1.88 bits per heavy atom. The third-order valence-corrected chi connectivity index (χ3v) is 5.42. The molecular weight excluding hydrogens is 328 g/mol. The van der Waals surface area contributed by atoms with Crippen LogP contribution in [0.2, 0.25) is 0 Å². The third-order valence-electron chi connectivity index (χ3n) is 5.42. The fraction of sp³-hybridized carbons (Fsp3) is 0.579. The van der Waals surface area contributed by atoms with Gasteiger partial charge in [-0.15, -0.1) is 0 Å². The first kappa shape index (κ1) is 17.1. The van der Waals surface area contributed by atoms with Gasteiger partial charge in [-0.3, -0.25) is 9.69 Å². The second kappa shape index (κ2) is 7.15. The van der Waals surface area contributed by atoms with Gasteiger partial charge in [-0.2, -0.15) is 5.10 Å². The number of nitrogens with zero attached hydrogens (tertiary/aromatic N) is 6. The summed E-state index contributed by atoms with van der Waals surface area (Å²) in [5.74, 6) is 1.07. The van der Waals surface area contributed by atoms with Crippen LogP contribution >= 0.6 is 0 Å². The molecule has 7 heteroatoms. The van der Waals surface area contributed by atoms with Crippen LogP contribution < -0.4 is 10.5 Å². The van der Waals surface area contributed by atoms with Crippen LogP contribution in [0.5, 0.6) is 0 Å². The summed E-state index contributed by atoms with van der Waals surface area (Å²) in [7, 11) is 1.70. The van der Waals surface area contributed by atoms with Gasteiger partial charge in [0.05, 0.1) is 0 Å². The Bertz CT molecular complexity index is 823. The molecule has 26 heavy (non-hydrogen) atoms. The quantitative estimate of drug-likeness (QED) is 0.811. The molecule has 0 radical (unpaired) electrons. The highest BCUT2D eigenvalue weighted by molar-refractivity contribution is 5.43. The van der Waals surface area contributed by atoms with E-state index in [0.29, 0.717) is 18.6 Å². The first-order valence-electron chi connectivity index (χ1n) is 9.42. The number of rotatable bonds is 5. The first-order chi connectivity index (χ1) is 12.6. The maximum atomic E-state index is 12.2. The Morgan fingerprint density at radius 1 is 1.15 bits per heavy atom. The summed E-state index contributed by atoms with van der Waals surface area (Å²) in [5.41, 5.74) is 1.85. The lowest BCUT2D eigenvalue weighted by molar-refractivity contribution is 0.199. The van der Waals surface area contributed by atoms with Crippen molar-refractivity contribution in [3.63, 3.8) is 0 Å². The van der Waals surface area contributed by atoms with Crippen LogP contribution in [0, 0.1) is 6.92 Å². The van der Waals surface area contributed by atoms with Gasteiger partial charge in [0.1, 0.15) is 12.1 Å². The third kappa shape index (κ3) is 3.62. The summed E-state index contributed by atoms with van der Waals surface area (Å²) in [4.78, 5) is 25.9. The van der Waals surface area contributed by atoms with E-state index in [1.54, 1.807) is 19.6 Å². The molecule has 138 valence electrons. The van der Waals surface area contributed by atoms with Gasteiger partial charge >= 0.3 is 0 Å². The average Bonchev–Trinajstić information content (AvgIpc) is 3.46. The molecule has 1 aliphatic carbocycles. The molecule has 1 aliphatic heterocycles. The van der Waals surface area contributed by atoms with Crippen LogP contribution in [-0.4, -0.2) is 49.8 Å². The molecule has 2 aromatic rings. The lowest BCUT2D eigenvalue weighted by atomic mass is 10.0. The molecule has 0 aromatic carbocycles. The topological polar surface area (TPSA) is 67.2 Å². The van der Waals surface area contributed by atoms with Crippen molar-refractivity contribution < 1.29 is 0 Å². The lowest BCUT2D eigenvalue weighted by Gasteiger charge is -2.39. The minimum Gasteiger partial charge on any atom is -0.350 e. The fourth-order valence-electron chi connectivity index (χ4n) is 3.88. The number of hydrogen-bond donors (Lipinski definition) is 0. The number of hydrogen-bond acceptors (Lipinski definition) is 6. The molecule has 2 aromatic heterocycles. The summed E-state index contributed by atoms with van der Waals surface area (Å²) in [6.45, 7) is 4.74. The molecular formula is C19H26N6O. The molecule has 1 saturated carbocycles. The summed E-state index contributed by atoms with van der Waals surface area (Å²) >= 11 is 0. The van der Waals surface area contributed by atoms with Crippen LogP contribution in [0.25, 0.3) is 0 Å². The molecule has 2 fully saturated rings. The standard InChI is InChI=1S/C19H26N6O/c1-14-11-18(21-13-20-14)25(16-3-4-16)17-6-9-24(10-7-17)12-15-5-8-22-23(2)19(15)26/h5,8,11,13,16-17H,3-4,6-7,9-10,12H2,1-2H3. The number of piperidine rings is 1. The van der Waals surface area contributed by atoms with Crippen molar-refractivity contribution in [1.82, 2.24) is 24.6 Å². The molecule has 0 N–H and O–H groups in total. The summed E-state index contributed by atoms with van der Waals surface area (Å²) in [6, 6.07) is 5.10. The molecule has 0 amide bonds. The Hall–Kier alpha value is -2.28. The van der Waals surface area contributed by atoms with Crippen LogP contribution in [0.15, 0.2) is 29.5 Å². The number of anilines is 1. The second-order valence-electron chi connectivity index (χ2n) is 7.45. The van der Waals surface area contributed by atoms with Gasteiger partial charge in [0.2, 0.25) is 0 Å². The minimum absolute atomic E-state index is 0.00527. The molecule has 4 rings (SSSR count). The molecule has 0 bridgehead atoms. The van der Waals surface area contributed by atoms with E-state index in [2.05, 4.69) is 30.9 Å². The predicted molar refractivity (Wildman–Crippen MR) is 100 cm³/mol. The van der Waals surface area contributed by atoms with E-state index in [0.717, 1.165) is 43.0 Å². The van der Waals surface area contributed by atoms with Gasteiger partial charge < -0.3 is 4.90 Å². The normalized spacial score (nSPS) is 18.8. The Kier molecular flexibility index (Phi) is 4.72. The maximum Gasteiger partial charge on any atom is 0.270 e. The number of aromatic nitrogens is 4. The van der Waals surface area contributed by atoms with Gasteiger partial charge in [0.25, 0.3) is 5.56 Å². The zero-order valence-electron chi connectivity index (χ0n) is 15.5. The average molecular weight is 354 g/mol. The molecule has 7 nitrogen and oxygen atoms in total. The number of aryl methyl sites for hydroxylation is 2. The largest absolute Gasteiger partial charge is 0.350 e. The van der Waals surface area contributed by atoms with Gasteiger partial charge in [-0.25, -0.2) is 14.6 Å². The smallest absolute Gasteiger partial charge is 0.270 e. The van der Waals surface area contributed by atoms with E-state index >= 15 is 0 Å².